The molecule has 0 aliphatic rings. The van der Waals surface area contributed by atoms with Gasteiger partial charge < -0.3 is 14.8 Å². The highest BCUT2D eigenvalue weighted by Crippen LogP contribution is 2.18. The van der Waals surface area contributed by atoms with Crippen molar-refractivity contribution in [3.05, 3.63) is 53.7 Å². The summed E-state index contributed by atoms with van der Waals surface area (Å²) in [6, 6.07) is 7.92. The molecule has 4 heteroatoms. The number of hydrogen-bond acceptors (Lipinski definition) is 3. The SMILES string of the molecule is Cc1ccc(F)cc1NCC(O)c1ccco1. The van der Waals surface area contributed by atoms with E-state index >= 15 is 0 Å². The lowest BCUT2D eigenvalue weighted by molar-refractivity contribution is 0.162. The van der Waals surface area contributed by atoms with Gasteiger partial charge in [-0.1, -0.05) is 6.07 Å². The van der Waals surface area contributed by atoms with Gasteiger partial charge in [-0.05, 0) is 36.8 Å². The Hall–Kier alpha value is -1.81. The van der Waals surface area contributed by atoms with Crippen molar-refractivity contribution in [3.63, 3.8) is 0 Å². The zero-order valence-corrected chi connectivity index (χ0v) is 9.48. The van der Waals surface area contributed by atoms with Gasteiger partial charge in [-0.25, -0.2) is 4.39 Å². The molecule has 3 nitrogen and oxygen atoms in total. The van der Waals surface area contributed by atoms with Crippen LogP contribution in [-0.2, 0) is 0 Å². The third kappa shape index (κ3) is 2.85. The molecule has 0 amide bonds. The number of furan rings is 1. The highest BCUT2D eigenvalue weighted by Gasteiger charge is 2.10. The summed E-state index contributed by atoms with van der Waals surface area (Å²) in [4.78, 5) is 0. The van der Waals surface area contributed by atoms with E-state index in [0.717, 1.165) is 5.56 Å². The van der Waals surface area contributed by atoms with Crippen molar-refractivity contribution >= 4 is 5.69 Å². The van der Waals surface area contributed by atoms with Crippen molar-refractivity contribution < 1.29 is 13.9 Å². The maximum atomic E-state index is 13.0. The Morgan fingerprint density at radius 1 is 1.41 bits per heavy atom. The molecule has 0 saturated heterocycles. The van der Waals surface area contributed by atoms with Gasteiger partial charge in [0.05, 0.1) is 6.26 Å². The van der Waals surface area contributed by atoms with Gasteiger partial charge in [0, 0.05) is 12.2 Å². The van der Waals surface area contributed by atoms with Crippen LogP contribution >= 0.6 is 0 Å². The van der Waals surface area contributed by atoms with Crippen LogP contribution in [0.4, 0.5) is 10.1 Å². The average Bonchev–Trinajstić information content (AvgIpc) is 2.83. The summed E-state index contributed by atoms with van der Waals surface area (Å²) in [5.41, 5.74) is 1.61. The molecule has 1 aromatic heterocycles. The third-order valence-electron chi connectivity index (χ3n) is 2.56. The Bertz CT molecular complexity index is 482. The van der Waals surface area contributed by atoms with E-state index < -0.39 is 6.10 Å². The van der Waals surface area contributed by atoms with Crippen molar-refractivity contribution in [3.8, 4) is 0 Å². The Labute approximate surface area is 98.9 Å². The Morgan fingerprint density at radius 3 is 2.94 bits per heavy atom. The summed E-state index contributed by atoms with van der Waals surface area (Å²) in [7, 11) is 0. The largest absolute Gasteiger partial charge is 0.467 e. The van der Waals surface area contributed by atoms with Crippen LogP contribution in [0.15, 0.2) is 41.0 Å². The summed E-state index contributed by atoms with van der Waals surface area (Å²) in [6.07, 6.45) is 0.763. The second-order valence-electron chi connectivity index (χ2n) is 3.87. The van der Waals surface area contributed by atoms with Crippen LogP contribution in [0.3, 0.4) is 0 Å². The number of aliphatic hydroxyl groups excluding tert-OH is 1. The molecule has 2 N–H and O–H groups in total. The van der Waals surface area contributed by atoms with Gasteiger partial charge in [0.2, 0.25) is 0 Å². The maximum absolute atomic E-state index is 13.0. The number of halogens is 1. The second-order valence-corrected chi connectivity index (χ2v) is 3.87. The van der Waals surface area contributed by atoms with Crippen molar-refractivity contribution in [2.24, 2.45) is 0 Å². The van der Waals surface area contributed by atoms with Crippen LogP contribution in [0.2, 0.25) is 0 Å². The maximum Gasteiger partial charge on any atom is 0.134 e. The first-order chi connectivity index (χ1) is 8.16. The van der Waals surface area contributed by atoms with E-state index in [2.05, 4.69) is 5.32 Å². The number of aryl methyl sites for hydroxylation is 1. The molecular formula is C13H14FNO2. The number of rotatable bonds is 4. The number of anilines is 1. The molecular weight excluding hydrogens is 221 g/mol. The molecule has 1 unspecified atom stereocenters. The monoisotopic (exact) mass is 235 g/mol. The minimum absolute atomic E-state index is 0.276. The molecule has 0 radical (unpaired) electrons. The number of aliphatic hydroxyl groups is 1. The zero-order valence-electron chi connectivity index (χ0n) is 9.48. The normalized spacial score (nSPS) is 12.4. The molecule has 0 aliphatic heterocycles. The fourth-order valence-corrected chi connectivity index (χ4v) is 1.57. The van der Waals surface area contributed by atoms with E-state index in [-0.39, 0.29) is 12.4 Å². The fraction of sp³-hybridized carbons (Fsp3) is 0.231. The van der Waals surface area contributed by atoms with E-state index in [0.29, 0.717) is 11.4 Å². The summed E-state index contributed by atoms with van der Waals surface area (Å²) in [6.45, 7) is 2.15. The van der Waals surface area contributed by atoms with Gasteiger partial charge in [-0.15, -0.1) is 0 Å². The molecule has 0 fully saturated rings. The quantitative estimate of drug-likeness (QED) is 0.856. The Kier molecular flexibility index (Phi) is 3.44. The van der Waals surface area contributed by atoms with E-state index in [1.165, 1.54) is 18.4 Å². The third-order valence-corrected chi connectivity index (χ3v) is 2.56. The standard InChI is InChI=1S/C13H14FNO2/c1-9-4-5-10(14)7-11(9)15-8-12(16)13-3-2-6-17-13/h2-7,12,15-16H,8H2,1H3. The number of nitrogens with one attached hydrogen (secondary N) is 1. The smallest absolute Gasteiger partial charge is 0.134 e. The molecule has 0 saturated carbocycles. The first kappa shape index (κ1) is 11.7. The zero-order chi connectivity index (χ0) is 12.3. The molecule has 1 aromatic carbocycles. The van der Waals surface area contributed by atoms with Crippen LogP contribution in [0.1, 0.15) is 17.4 Å². The molecule has 0 spiro atoms. The van der Waals surface area contributed by atoms with Crippen molar-refractivity contribution in [1.29, 1.82) is 0 Å². The predicted molar refractivity (Wildman–Crippen MR) is 63.3 cm³/mol. The molecule has 17 heavy (non-hydrogen) atoms. The van der Waals surface area contributed by atoms with Gasteiger partial charge in [0.15, 0.2) is 0 Å². The highest BCUT2D eigenvalue weighted by atomic mass is 19.1. The van der Waals surface area contributed by atoms with E-state index in [4.69, 9.17) is 4.42 Å². The molecule has 1 heterocycles. The number of benzene rings is 1. The minimum Gasteiger partial charge on any atom is -0.467 e. The van der Waals surface area contributed by atoms with Gasteiger partial charge in [0.25, 0.3) is 0 Å². The molecule has 2 rings (SSSR count). The highest BCUT2D eigenvalue weighted by molar-refractivity contribution is 5.50. The van der Waals surface area contributed by atoms with Gasteiger partial charge in [0.1, 0.15) is 17.7 Å². The van der Waals surface area contributed by atoms with Gasteiger partial charge >= 0.3 is 0 Å². The predicted octanol–water partition coefficient (Wildman–Crippen LogP) is 2.87. The molecule has 1 atom stereocenters. The van der Waals surface area contributed by atoms with Crippen molar-refractivity contribution in [2.75, 3.05) is 11.9 Å². The molecule has 0 bridgehead atoms. The molecule has 0 aliphatic carbocycles. The Morgan fingerprint density at radius 2 is 2.24 bits per heavy atom. The van der Waals surface area contributed by atoms with Crippen LogP contribution in [-0.4, -0.2) is 11.7 Å². The van der Waals surface area contributed by atoms with E-state index in [1.54, 1.807) is 18.2 Å². The molecule has 90 valence electrons. The van der Waals surface area contributed by atoms with E-state index in [9.17, 15) is 9.50 Å². The first-order valence-corrected chi connectivity index (χ1v) is 5.38. The summed E-state index contributed by atoms with van der Waals surface area (Å²) in [5, 5.41) is 12.8. The van der Waals surface area contributed by atoms with Crippen molar-refractivity contribution in [1.82, 2.24) is 0 Å². The van der Waals surface area contributed by atoms with Crippen molar-refractivity contribution in [2.45, 2.75) is 13.0 Å². The van der Waals surface area contributed by atoms with Crippen LogP contribution in [0.5, 0.6) is 0 Å². The topological polar surface area (TPSA) is 45.4 Å². The molecule has 2 aromatic rings. The number of hydrogen-bond donors (Lipinski definition) is 2. The van der Waals surface area contributed by atoms with Crippen LogP contribution in [0, 0.1) is 12.7 Å². The lowest BCUT2D eigenvalue weighted by Gasteiger charge is -2.12. The summed E-state index contributed by atoms with van der Waals surface area (Å²) >= 11 is 0. The summed E-state index contributed by atoms with van der Waals surface area (Å²) in [5.74, 6) is 0.192. The lowest BCUT2D eigenvalue weighted by Crippen LogP contribution is -2.12. The second kappa shape index (κ2) is 5.01. The van der Waals surface area contributed by atoms with Crippen LogP contribution in [0.25, 0.3) is 0 Å². The summed E-state index contributed by atoms with van der Waals surface area (Å²) < 4.78 is 18.1. The fourth-order valence-electron chi connectivity index (χ4n) is 1.57. The van der Waals surface area contributed by atoms with Gasteiger partial charge in [-0.3, -0.25) is 0 Å². The Balaban J connectivity index is 2.00. The lowest BCUT2D eigenvalue weighted by atomic mass is 10.2. The average molecular weight is 235 g/mol. The minimum atomic E-state index is -0.743. The van der Waals surface area contributed by atoms with E-state index in [1.807, 2.05) is 6.92 Å². The first-order valence-electron chi connectivity index (χ1n) is 5.38. The van der Waals surface area contributed by atoms with Crippen LogP contribution < -0.4 is 5.32 Å². The van der Waals surface area contributed by atoms with Gasteiger partial charge in [-0.2, -0.15) is 0 Å².